The first-order chi connectivity index (χ1) is 16.6. The van der Waals surface area contributed by atoms with Crippen LogP contribution in [-0.2, 0) is 4.79 Å². The SMILES string of the molecule is CCCCOc1ccc(-c2nc3s/c(=C4\C(=O)N(CCCC)c5ccccc54)c(=O)n3n2)cc1. The molecule has 0 atom stereocenters. The van der Waals surface area contributed by atoms with Crippen LogP contribution in [0.4, 0.5) is 5.69 Å². The number of carbonyl (C=O) groups excluding carboxylic acids is 1. The molecule has 0 aliphatic carbocycles. The number of anilines is 1. The van der Waals surface area contributed by atoms with Gasteiger partial charge in [-0.2, -0.15) is 9.50 Å². The average molecular weight is 475 g/mol. The van der Waals surface area contributed by atoms with E-state index in [1.165, 1.54) is 15.9 Å². The lowest BCUT2D eigenvalue weighted by molar-refractivity contribution is -0.113. The zero-order valence-corrected chi connectivity index (χ0v) is 20.1. The number of para-hydroxylation sites is 1. The van der Waals surface area contributed by atoms with Crippen molar-refractivity contribution in [3.05, 3.63) is 69.0 Å². The number of aromatic nitrogens is 3. The van der Waals surface area contributed by atoms with Gasteiger partial charge in [-0.05, 0) is 43.2 Å². The smallest absolute Gasteiger partial charge is 0.291 e. The lowest BCUT2D eigenvalue weighted by Crippen LogP contribution is -2.33. The van der Waals surface area contributed by atoms with Gasteiger partial charge in [0.1, 0.15) is 10.3 Å². The number of hydrogen-bond donors (Lipinski definition) is 0. The van der Waals surface area contributed by atoms with E-state index in [0.29, 0.717) is 34.0 Å². The van der Waals surface area contributed by atoms with Crippen molar-refractivity contribution >= 4 is 33.5 Å². The summed E-state index contributed by atoms with van der Waals surface area (Å²) in [5.41, 5.74) is 2.60. The topological polar surface area (TPSA) is 76.8 Å². The molecule has 0 radical (unpaired) electrons. The first-order valence-corrected chi connectivity index (χ1v) is 12.5. The predicted octanol–water partition coefficient (Wildman–Crippen LogP) is 4.06. The van der Waals surface area contributed by atoms with E-state index in [-0.39, 0.29) is 11.5 Å². The first kappa shape index (κ1) is 22.3. The van der Waals surface area contributed by atoms with E-state index in [2.05, 4.69) is 23.9 Å². The summed E-state index contributed by atoms with van der Waals surface area (Å²) in [5, 5.41) is 4.45. The quantitative estimate of drug-likeness (QED) is 0.360. The summed E-state index contributed by atoms with van der Waals surface area (Å²) in [4.78, 5) is 33.5. The molecule has 1 amide bonds. The van der Waals surface area contributed by atoms with Crippen LogP contribution in [-0.4, -0.2) is 33.7 Å². The summed E-state index contributed by atoms with van der Waals surface area (Å²) in [7, 11) is 0. The van der Waals surface area contributed by atoms with Crippen molar-refractivity contribution in [3.63, 3.8) is 0 Å². The fraction of sp³-hybridized carbons (Fsp3) is 0.308. The number of rotatable bonds is 8. The average Bonchev–Trinajstić information content (AvgIpc) is 3.49. The third-order valence-electron chi connectivity index (χ3n) is 5.92. The van der Waals surface area contributed by atoms with Gasteiger partial charge in [0, 0.05) is 17.7 Å². The molecule has 4 aromatic rings. The normalized spacial score (nSPS) is 14.8. The lowest BCUT2D eigenvalue weighted by atomic mass is 10.1. The molecule has 5 rings (SSSR count). The summed E-state index contributed by atoms with van der Waals surface area (Å²) < 4.78 is 7.40. The van der Waals surface area contributed by atoms with Gasteiger partial charge in [0.15, 0.2) is 5.82 Å². The molecule has 174 valence electrons. The number of nitrogens with zero attached hydrogens (tertiary/aromatic N) is 4. The minimum atomic E-state index is -0.311. The third-order valence-corrected chi connectivity index (χ3v) is 6.95. The van der Waals surface area contributed by atoms with Gasteiger partial charge in [-0.25, -0.2) is 0 Å². The first-order valence-electron chi connectivity index (χ1n) is 11.7. The molecule has 0 spiro atoms. The number of hydrogen-bond acceptors (Lipinski definition) is 6. The summed E-state index contributed by atoms with van der Waals surface area (Å²) in [5.74, 6) is 1.14. The molecule has 7 nitrogen and oxygen atoms in total. The lowest BCUT2D eigenvalue weighted by Gasteiger charge is -2.16. The third kappa shape index (κ3) is 3.88. The Balaban J connectivity index is 1.52. The Labute approximate surface area is 201 Å². The van der Waals surface area contributed by atoms with E-state index < -0.39 is 0 Å². The van der Waals surface area contributed by atoms with Crippen LogP contribution in [0.25, 0.3) is 21.9 Å². The van der Waals surface area contributed by atoms with Crippen molar-refractivity contribution in [2.75, 3.05) is 18.1 Å². The van der Waals surface area contributed by atoms with E-state index >= 15 is 0 Å². The van der Waals surface area contributed by atoms with Crippen LogP contribution in [0.2, 0.25) is 0 Å². The van der Waals surface area contributed by atoms with Gasteiger partial charge in [0.05, 0.1) is 17.9 Å². The van der Waals surface area contributed by atoms with Crippen molar-refractivity contribution in [1.82, 2.24) is 14.6 Å². The van der Waals surface area contributed by atoms with Gasteiger partial charge in [-0.15, -0.1) is 5.10 Å². The van der Waals surface area contributed by atoms with Crippen LogP contribution in [0.1, 0.15) is 45.1 Å². The Morgan fingerprint density at radius 2 is 1.74 bits per heavy atom. The molecule has 2 aromatic heterocycles. The fourth-order valence-electron chi connectivity index (χ4n) is 4.08. The van der Waals surface area contributed by atoms with E-state index in [1.807, 2.05) is 48.5 Å². The van der Waals surface area contributed by atoms with Gasteiger partial charge in [-0.1, -0.05) is 56.2 Å². The Morgan fingerprint density at radius 1 is 0.971 bits per heavy atom. The molecule has 0 saturated heterocycles. The Bertz CT molecular complexity index is 1460. The molecule has 1 aliphatic rings. The van der Waals surface area contributed by atoms with Crippen molar-refractivity contribution in [2.24, 2.45) is 0 Å². The molecular weight excluding hydrogens is 448 g/mol. The molecule has 0 unspecified atom stereocenters. The Hall–Kier alpha value is -3.52. The molecule has 8 heteroatoms. The maximum absolute atomic E-state index is 13.3. The summed E-state index contributed by atoms with van der Waals surface area (Å²) in [6, 6.07) is 15.2. The van der Waals surface area contributed by atoms with E-state index in [9.17, 15) is 9.59 Å². The Kier molecular flexibility index (Phi) is 6.15. The van der Waals surface area contributed by atoms with Crippen molar-refractivity contribution in [1.29, 1.82) is 0 Å². The summed E-state index contributed by atoms with van der Waals surface area (Å²) in [6.07, 6.45) is 3.98. The number of amides is 1. The number of fused-ring (bicyclic) bond motifs is 2. The van der Waals surface area contributed by atoms with E-state index in [1.54, 1.807) is 4.90 Å². The van der Waals surface area contributed by atoms with Crippen LogP contribution < -0.4 is 19.7 Å². The molecule has 2 aromatic carbocycles. The zero-order chi connectivity index (χ0) is 23.7. The van der Waals surface area contributed by atoms with E-state index in [4.69, 9.17) is 4.74 Å². The minimum Gasteiger partial charge on any atom is -0.494 e. The summed E-state index contributed by atoms with van der Waals surface area (Å²) in [6.45, 7) is 5.54. The van der Waals surface area contributed by atoms with Crippen LogP contribution in [0.3, 0.4) is 0 Å². The number of ether oxygens (including phenoxy) is 1. The molecule has 1 aliphatic heterocycles. The van der Waals surface area contributed by atoms with Gasteiger partial charge >= 0.3 is 0 Å². The standard InChI is InChI=1S/C26H26N4O3S/c1-3-5-15-29-20-10-8-7-9-19(20)21(24(29)31)22-25(32)30-26(34-22)27-23(28-30)17-11-13-18(14-12-17)33-16-6-4-2/h7-14H,3-6,15-16H2,1-2H3/b22-21-. The highest BCUT2D eigenvalue weighted by Gasteiger charge is 2.33. The molecule has 34 heavy (non-hydrogen) atoms. The van der Waals surface area contributed by atoms with Gasteiger partial charge < -0.3 is 9.64 Å². The highest BCUT2D eigenvalue weighted by molar-refractivity contribution is 7.15. The molecule has 0 fully saturated rings. The molecule has 0 N–H and O–H groups in total. The van der Waals surface area contributed by atoms with Crippen molar-refractivity contribution in [3.8, 4) is 17.1 Å². The molecule has 0 bridgehead atoms. The number of benzene rings is 2. The number of carbonyl (C=O) groups is 1. The summed E-state index contributed by atoms with van der Waals surface area (Å²) >= 11 is 1.21. The van der Waals surface area contributed by atoms with Crippen LogP contribution in [0.5, 0.6) is 5.75 Å². The van der Waals surface area contributed by atoms with Crippen LogP contribution in [0, 0.1) is 0 Å². The number of thiazole rings is 1. The highest BCUT2D eigenvalue weighted by Crippen LogP contribution is 2.35. The van der Waals surface area contributed by atoms with Crippen molar-refractivity contribution < 1.29 is 9.53 Å². The highest BCUT2D eigenvalue weighted by atomic mass is 32.1. The van der Waals surface area contributed by atoms with Gasteiger partial charge in [0.25, 0.3) is 11.5 Å². The second kappa shape index (κ2) is 9.38. The largest absolute Gasteiger partial charge is 0.494 e. The van der Waals surface area contributed by atoms with Gasteiger partial charge in [-0.3, -0.25) is 9.59 Å². The molecular formula is C26H26N4O3S. The second-order valence-corrected chi connectivity index (χ2v) is 9.27. The molecule has 3 heterocycles. The monoisotopic (exact) mass is 474 g/mol. The van der Waals surface area contributed by atoms with Crippen LogP contribution in [0.15, 0.2) is 53.3 Å². The Morgan fingerprint density at radius 3 is 2.47 bits per heavy atom. The minimum absolute atomic E-state index is 0.130. The maximum atomic E-state index is 13.3. The fourth-order valence-corrected chi connectivity index (χ4v) is 5.08. The maximum Gasteiger partial charge on any atom is 0.291 e. The zero-order valence-electron chi connectivity index (χ0n) is 19.3. The van der Waals surface area contributed by atoms with E-state index in [0.717, 1.165) is 48.2 Å². The van der Waals surface area contributed by atoms with Gasteiger partial charge in [0.2, 0.25) is 4.96 Å². The molecule has 0 saturated carbocycles. The predicted molar refractivity (Wildman–Crippen MR) is 134 cm³/mol. The van der Waals surface area contributed by atoms with Crippen molar-refractivity contribution in [2.45, 2.75) is 39.5 Å². The number of unbranched alkanes of at least 4 members (excludes halogenated alkanes) is 2. The van der Waals surface area contributed by atoms with Crippen LogP contribution >= 0.6 is 11.3 Å². The second-order valence-electron chi connectivity index (χ2n) is 8.30.